The summed E-state index contributed by atoms with van der Waals surface area (Å²) in [6, 6.07) is 10.5. The molecule has 0 saturated carbocycles. The summed E-state index contributed by atoms with van der Waals surface area (Å²) in [6.45, 7) is 4.11. The highest BCUT2D eigenvalue weighted by Crippen LogP contribution is 2.34. The van der Waals surface area contributed by atoms with E-state index in [1.165, 1.54) is 0 Å². The lowest BCUT2D eigenvalue weighted by Crippen LogP contribution is -2.48. The van der Waals surface area contributed by atoms with Crippen molar-refractivity contribution >= 4 is 68.1 Å². The molecule has 0 radical (unpaired) electrons. The van der Waals surface area contributed by atoms with Crippen LogP contribution in [-0.4, -0.2) is 55.1 Å². The maximum absolute atomic E-state index is 12.6. The second-order valence-electron chi connectivity index (χ2n) is 6.89. The molecule has 0 atom stereocenters. The van der Waals surface area contributed by atoms with Gasteiger partial charge in [0.05, 0.1) is 28.0 Å². The molecule has 7 nitrogen and oxygen atoms in total. The third-order valence-corrected chi connectivity index (χ3v) is 6.05. The van der Waals surface area contributed by atoms with Crippen molar-refractivity contribution in [1.82, 2.24) is 10.2 Å². The van der Waals surface area contributed by atoms with Gasteiger partial charge in [-0.15, -0.1) is 0 Å². The Morgan fingerprint density at radius 1 is 1.16 bits per heavy atom. The van der Waals surface area contributed by atoms with E-state index in [0.29, 0.717) is 52.7 Å². The first-order valence-electron chi connectivity index (χ1n) is 9.55. The number of amides is 2. The highest BCUT2D eigenvalue weighted by atomic mass is 79.9. The molecule has 1 aliphatic heterocycles. The Balaban J connectivity index is 1.70. The smallest absolute Gasteiger partial charge is 0.257 e. The quantitative estimate of drug-likeness (QED) is 0.590. The van der Waals surface area contributed by atoms with Crippen LogP contribution in [0.25, 0.3) is 0 Å². The zero-order chi connectivity index (χ0) is 22.5. The fourth-order valence-corrected chi connectivity index (χ4v) is 4.36. The van der Waals surface area contributed by atoms with Crippen molar-refractivity contribution in [3.8, 4) is 5.75 Å². The molecule has 2 aromatic carbocycles. The molecule has 0 unspecified atom stereocenters. The van der Waals surface area contributed by atoms with Gasteiger partial charge in [0.15, 0.2) is 5.11 Å². The van der Waals surface area contributed by atoms with Gasteiger partial charge in [-0.05, 0) is 58.5 Å². The normalized spacial score (nSPS) is 13.5. The van der Waals surface area contributed by atoms with E-state index >= 15 is 0 Å². The van der Waals surface area contributed by atoms with Gasteiger partial charge in [-0.3, -0.25) is 14.9 Å². The Labute approximate surface area is 199 Å². The minimum Gasteiger partial charge on any atom is -0.496 e. The lowest BCUT2D eigenvalue weighted by molar-refractivity contribution is -0.129. The molecule has 0 spiro atoms. The van der Waals surface area contributed by atoms with E-state index in [9.17, 15) is 9.59 Å². The third-order valence-electron chi connectivity index (χ3n) is 4.92. The van der Waals surface area contributed by atoms with Crippen LogP contribution < -0.4 is 20.3 Å². The fraction of sp³-hybridized carbons (Fsp3) is 0.286. The fourth-order valence-electron chi connectivity index (χ4n) is 3.32. The number of carbonyl (C=O) groups excluding carboxylic acids is 2. The van der Waals surface area contributed by atoms with Gasteiger partial charge in [0.1, 0.15) is 5.75 Å². The molecule has 0 aromatic heterocycles. The number of thiocarbonyl (C=S) groups is 1. The van der Waals surface area contributed by atoms with E-state index < -0.39 is 0 Å². The molecule has 1 fully saturated rings. The molecule has 1 aliphatic rings. The number of nitrogens with one attached hydrogen (secondary N) is 2. The summed E-state index contributed by atoms with van der Waals surface area (Å²) in [4.78, 5) is 28.1. The summed E-state index contributed by atoms with van der Waals surface area (Å²) in [5, 5.41) is 6.48. The van der Waals surface area contributed by atoms with Crippen LogP contribution in [0.1, 0.15) is 17.3 Å². The van der Waals surface area contributed by atoms with Crippen LogP contribution in [0.5, 0.6) is 5.75 Å². The van der Waals surface area contributed by atoms with Crippen molar-refractivity contribution in [3.05, 3.63) is 51.5 Å². The Morgan fingerprint density at radius 3 is 2.48 bits per heavy atom. The van der Waals surface area contributed by atoms with Gasteiger partial charge in [-0.2, -0.15) is 0 Å². The van der Waals surface area contributed by atoms with Crippen molar-refractivity contribution in [1.29, 1.82) is 0 Å². The molecule has 0 bridgehead atoms. The molecular weight excluding hydrogens is 504 g/mol. The Morgan fingerprint density at radius 2 is 1.87 bits per heavy atom. The van der Waals surface area contributed by atoms with E-state index in [-0.39, 0.29) is 16.9 Å². The summed E-state index contributed by atoms with van der Waals surface area (Å²) in [5.74, 6) is 0.344. The number of carbonyl (C=O) groups is 2. The van der Waals surface area contributed by atoms with Crippen molar-refractivity contribution in [2.75, 3.05) is 43.5 Å². The van der Waals surface area contributed by atoms with Gasteiger partial charge in [-0.1, -0.05) is 17.7 Å². The summed E-state index contributed by atoms with van der Waals surface area (Å²) < 4.78 is 5.86. The predicted octanol–water partition coefficient (Wildman–Crippen LogP) is 3.91. The van der Waals surface area contributed by atoms with E-state index in [0.717, 1.165) is 5.69 Å². The van der Waals surface area contributed by atoms with Gasteiger partial charge in [0.2, 0.25) is 5.91 Å². The number of benzene rings is 2. The molecule has 1 heterocycles. The standard InChI is InChI=1S/C21H22BrClN4O3S/c1-13(28)26-8-10-27(11-9-26)19-16(23)4-3-5-17(19)24-21(31)25-20(29)14-6-7-18(30-2)15(22)12-14/h3-7,12H,8-11H2,1-2H3,(H2,24,25,29,31). The molecule has 10 heteroatoms. The molecule has 2 amide bonds. The molecule has 31 heavy (non-hydrogen) atoms. The monoisotopic (exact) mass is 524 g/mol. The van der Waals surface area contributed by atoms with Crippen molar-refractivity contribution in [2.45, 2.75) is 6.92 Å². The van der Waals surface area contributed by atoms with Crippen LogP contribution in [-0.2, 0) is 4.79 Å². The number of hydrogen-bond acceptors (Lipinski definition) is 5. The number of rotatable bonds is 4. The number of nitrogens with zero attached hydrogens (tertiary/aromatic N) is 2. The van der Waals surface area contributed by atoms with E-state index in [1.807, 2.05) is 12.1 Å². The number of piperazine rings is 1. The molecule has 2 N–H and O–H groups in total. The Kier molecular flexibility index (Phi) is 7.74. The van der Waals surface area contributed by atoms with Crippen LogP contribution in [0.2, 0.25) is 5.02 Å². The van der Waals surface area contributed by atoms with Crippen molar-refractivity contribution in [2.24, 2.45) is 0 Å². The first-order chi connectivity index (χ1) is 14.8. The van der Waals surface area contributed by atoms with Gasteiger partial charge >= 0.3 is 0 Å². The summed E-state index contributed by atoms with van der Waals surface area (Å²) in [6.07, 6.45) is 0. The molecule has 0 aliphatic carbocycles. The first kappa shape index (κ1) is 23.3. The number of para-hydroxylation sites is 1. The minimum absolute atomic E-state index is 0.0613. The van der Waals surface area contributed by atoms with Crippen LogP contribution in [0.3, 0.4) is 0 Å². The number of halogens is 2. The average molecular weight is 526 g/mol. The van der Waals surface area contributed by atoms with Gasteiger partial charge < -0.3 is 19.9 Å². The number of hydrogen-bond donors (Lipinski definition) is 2. The minimum atomic E-state index is -0.348. The predicted molar refractivity (Wildman–Crippen MR) is 130 cm³/mol. The van der Waals surface area contributed by atoms with E-state index in [2.05, 4.69) is 31.5 Å². The van der Waals surface area contributed by atoms with Gasteiger partial charge in [0.25, 0.3) is 5.91 Å². The summed E-state index contributed by atoms with van der Waals surface area (Å²) in [7, 11) is 1.56. The lowest BCUT2D eigenvalue weighted by atomic mass is 10.2. The number of anilines is 2. The maximum atomic E-state index is 12.6. The largest absolute Gasteiger partial charge is 0.496 e. The summed E-state index contributed by atoms with van der Waals surface area (Å²) in [5.41, 5.74) is 1.91. The van der Waals surface area contributed by atoms with Crippen molar-refractivity contribution in [3.63, 3.8) is 0 Å². The van der Waals surface area contributed by atoms with Crippen LogP contribution in [0, 0.1) is 0 Å². The topological polar surface area (TPSA) is 73.9 Å². The van der Waals surface area contributed by atoms with Crippen molar-refractivity contribution < 1.29 is 14.3 Å². The zero-order valence-corrected chi connectivity index (χ0v) is 20.2. The SMILES string of the molecule is COc1ccc(C(=O)NC(=S)Nc2cccc(Cl)c2N2CCN(C(C)=O)CC2)cc1Br. The molecular formula is C21H22BrClN4O3S. The van der Waals surface area contributed by atoms with E-state index in [1.54, 1.807) is 43.2 Å². The molecule has 2 aromatic rings. The van der Waals surface area contributed by atoms with Gasteiger partial charge in [0, 0.05) is 38.7 Å². The van der Waals surface area contributed by atoms with Crippen LogP contribution in [0.15, 0.2) is 40.9 Å². The van der Waals surface area contributed by atoms with Crippen LogP contribution in [0.4, 0.5) is 11.4 Å². The second kappa shape index (κ2) is 10.3. The highest BCUT2D eigenvalue weighted by Gasteiger charge is 2.23. The number of methoxy groups -OCH3 is 1. The van der Waals surface area contributed by atoms with Crippen LogP contribution >= 0.6 is 39.7 Å². The lowest BCUT2D eigenvalue weighted by Gasteiger charge is -2.37. The zero-order valence-electron chi connectivity index (χ0n) is 17.1. The Bertz CT molecular complexity index is 1010. The highest BCUT2D eigenvalue weighted by molar-refractivity contribution is 9.10. The summed E-state index contributed by atoms with van der Waals surface area (Å²) >= 11 is 15.2. The second-order valence-corrected chi connectivity index (χ2v) is 8.56. The third kappa shape index (κ3) is 5.66. The average Bonchev–Trinajstić information content (AvgIpc) is 2.73. The van der Waals surface area contributed by atoms with Gasteiger partial charge in [-0.25, -0.2) is 0 Å². The Hall–Kier alpha value is -2.36. The molecule has 3 rings (SSSR count). The molecule has 164 valence electrons. The first-order valence-corrected chi connectivity index (χ1v) is 11.1. The maximum Gasteiger partial charge on any atom is 0.257 e. The van der Waals surface area contributed by atoms with E-state index in [4.69, 9.17) is 28.6 Å². The molecule has 1 saturated heterocycles. The number of ether oxygens (including phenoxy) is 1.